The molecule has 0 amide bonds. The van der Waals surface area contributed by atoms with Gasteiger partial charge in [-0.15, -0.1) is 12.4 Å². The van der Waals surface area contributed by atoms with Crippen molar-refractivity contribution in [1.82, 2.24) is 5.32 Å². The summed E-state index contributed by atoms with van der Waals surface area (Å²) in [5.41, 5.74) is 2.60. The summed E-state index contributed by atoms with van der Waals surface area (Å²) in [5.74, 6) is 0.975. The molecule has 1 N–H and O–H groups in total. The van der Waals surface area contributed by atoms with Crippen LogP contribution in [-0.4, -0.2) is 13.7 Å². The second-order valence-electron chi connectivity index (χ2n) is 3.52. The number of nitrogens with one attached hydrogen (secondary N) is 1. The number of hydrogen-bond donors (Lipinski definition) is 1. The molecule has 1 heterocycles. The first kappa shape index (κ1) is 11.3. The summed E-state index contributed by atoms with van der Waals surface area (Å²) < 4.78 is 5.21. The molecule has 0 bridgehead atoms. The van der Waals surface area contributed by atoms with Crippen molar-refractivity contribution >= 4 is 12.4 Å². The Kier molecular flexibility index (Phi) is 3.78. The van der Waals surface area contributed by atoms with E-state index in [1.807, 2.05) is 6.07 Å². The first-order valence-electron chi connectivity index (χ1n) is 4.69. The van der Waals surface area contributed by atoms with E-state index in [-0.39, 0.29) is 12.4 Å². The average Bonchev–Trinajstić information content (AvgIpc) is 2.01. The Morgan fingerprint density at radius 2 is 2.14 bits per heavy atom. The van der Waals surface area contributed by atoms with Crippen molar-refractivity contribution in [3.63, 3.8) is 0 Å². The van der Waals surface area contributed by atoms with E-state index in [4.69, 9.17) is 4.74 Å². The number of ether oxygens (including phenoxy) is 1. The Bertz CT molecular complexity index is 310. The maximum atomic E-state index is 5.21. The zero-order valence-corrected chi connectivity index (χ0v) is 9.36. The lowest BCUT2D eigenvalue weighted by molar-refractivity contribution is 0.381. The molecule has 1 saturated heterocycles. The van der Waals surface area contributed by atoms with Crippen LogP contribution in [0.2, 0.25) is 0 Å². The van der Waals surface area contributed by atoms with Gasteiger partial charge in [-0.05, 0) is 37.1 Å². The summed E-state index contributed by atoms with van der Waals surface area (Å²) in [6.45, 7) is 3.23. The highest BCUT2D eigenvalue weighted by Crippen LogP contribution is 2.27. The molecular weight excluding hydrogens is 198 g/mol. The van der Waals surface area contributed by atoms with Crippen molar-refractivity contribution in [2.45, 2.75) is 19.4 Å². The van der Waals surface area contributed by atoms with Crippen LogP contribution < -0.4 is 10.1 Å². The minimum absolute atomic E-state index is 0. The second kappa shape index (κ2) is 4.67. The van der Waals surface area contributed by atoms with Gasteiger partial charge in [-0.1, -0.05) is 12.1 Å². The van der Waals surface area contributed by atoms with Crippen molar-refractivity contribution in [2.75, 3.05) is 13.7 Å². The molecule has 0 radical (unpaired) electrons. The van der Waals surface area contributed by atoms with Crippen molar-refractivity contribution in [3.05, 3.63) is 29.3 Å². The first-order chi connectivity index (χ1) is 6.31. The summed E-state index contributed by atoms with van der Waals surface area (Å²) in [6, 6.07) is 6.97. The number of halogens is 1. The average molecular weight is 214 g/mol. The Balaban J connectivity index is 0.000000980. The van der Waals surface area contributed by atoms with E-state index in [0.29, 0.717) is 6.04 Å². The van der Waals surface area contributed by atoms with Crippen LogP contribution in [0.15, 0.2) is 18.2 Å². The van der Waals surface area contributed by atoms with Crippen LogP contribution in [0.3, 0.4) is 0 Å². The van der Waals surface area contributed by atoms with Gasteiger partial charge >= 0.3 is 0 Å². The zero-order chi connectivity index (χ0) is 9.26. The van der Waals surface area contributed by atoms with E-state index in [1.165, 1.54) is 17.5 Å². The van der Waals surface area contributed by atoms with Gasteiger partial charge in [-0.2, -0.15) is 0 Å². The van der Waals surface area contributed by atoms with Crippen LogP contribution in [-0.2, 0) is 0 Å². The first-order valence-corrected chi connectivity index (χ1v) is 4.69. The normalized spacial score (nSPS) is 19.4. The predicted octanol–water partition coefficient (Wildman–Crippen LogP) is 2.46. The van der Waals surface area contributed by atoms with Crippen LogP contribution in [0.1, 0.15) is 23.6 Å². The topological polar surface area (TPSA) is 21.3 Å². The maximum absolute atomic E-state index is 5.21. The minimum atomic E-state index is 0. The van der Waals surface area contributed by atoms with Gasteiger partial charge in [0.15, 0.2) is 0 Å². The molecular formula is C11H16ClNO. The lowest BCUT2D eigenvalue weighted by Crippen LogP contribution is -2.34. The summed E-state index contributed by atoms with van der Waals surface area (Å²) in [7, 11) is 1.71. The molecule has 2 rings (SSSR count). The summed E-state index contributed by atoms with van der Waals surface area (Å²) in [5, 5.41) is 3.39. The number of rotatable bonds is 2. The fourth-order valence-electron chi connectivity index (χ4n) is 1.69. The monoisotopic (exact) mass is 213 g/mol. The Hall–Kier alpha value is -0.730. The third-order valence-electron chi connectivity index (χ3n) is 2.65. The fourth-order valence-corrected chi connectivity index (χ4v) is 1.69. The molecule has 78 valence electrons. The van der Waals surface area contributed by atoms with Gasteiger partial charge in [0.25, 0.3) is 0 Å². The Morgan fingerprint density at radius 1 is 1.43 bits per heavy atom. The molecule has 0 aliphatic carbocycles. The fraction of sp³-hybridized carbons (Fsp3) is 0.455. The molecule has 3 heteroatoms. The molecule has 1 atom stereocenters. The molecule has 0 aromatic heterocycles. The lowest BCUT2D eigenvalue weighted by Gasteiger charge is -2.28. The smallest absolute Gasteiger partial charge is 0.121 e. The minimum Gasteiger partial charge on any atom is -0.496 e. The predicted molar refractivity (Wildman–Crippen MR) is 60.3 cm³/mol. The van der Waals surface area contributed by atoms with Crippen LogP contribution in [0.5, 0.6) is 5.75 Å². The van der Waals surface area contributed by atoms with Gasteiger partial charge in [0.2, 0.25) is 0 Å². The van der Waals surface area contributed by atoms with Crippen molar-refractivity contribution < 1.29 is 4.74 Å². The van der Waals surface area contributed by atoms with Gasteiger partial charge in [-0.3, -0.25) is 0 Å². The van der Waals surface area contributed by atoms with Crippen molar-refractivity contribution in [1.29, 1.82) is 0 Å². The molecule has 2 nitrogen and oxygen atoms in total. The van der Waals surface area contributed by atoms with E-state index < -0.39 is 0 Å². The van der Waals surface area contributed by atoms with E-state index in [2.05, 4.69) is 24.4 Å². The number of methoxy groups -OCH3 is 1. The summed E-state index contributed by atoms with van der Waals surface area (Å²) in [4.78, 5) is 0. The number of benzene rings is 1. The van der Waals surface area contributed by atoms with E-state index in [9.17, 15) is 0 Å². The molecule has 0 unspecified atom stereocenters. The SMILES string of the molecule is COc1ccc([C@H]2CCN2)cc1C.Cl. The van der Waals surface area contributed by atoms with Gasteiger partial charge in [0.05, 0.1) is 7.11 Å². The lowest BCUT2D eigenvalue weighted by atomic mass is 9.96. The van der Waals surface area contributed by atoms with Crippen molar-refractivity contribution in [2.24, 2.45) is 0 Å². The van der Waals surface area contributed by atoms with E-state index in [1.54, 1.807) is 7.11 Å². The van der Waals surface area contributed by atoms with Crippen LogP contribution in [0.25, 0.3) is 0 Å². The molecule has 1 aromatic rings. The maximum Gasteiger partial charge on any atom is 0.121 e. The van der Waals surface area contributed by atoms with E-state index >= 15 is 0 Å². The van der Waals surface area contributed by atoms with Gasteiger partial charge in [0, 0.05) is 6.04 Å². The number of hydrogen-bond acceptors (Lipinski definition) is 2. The van der Waals surface area contributed by atoms with Crippen molar-refractivity contribution in [3.8, 4) is 5.75 Å². The Labute approximate surface area is 91.1 Å². The van der Waals surface area contributed by atoms with Crippen LogP contribution >= 0.6 is 12.4 Å². The van der Waals surface area contributed by atoms with Gasteiger partial charge < -0.3 is 10.1 Å². The second-order valence-corrected chi connectivity index (χ2v) is 3.52. The highest BCUT2D eigenvalue weighted by molar-refractivity contribution is 5.85. The summed E-state index contributed by atoms with van der Waals surface area (Å²) in [6.07, 6.45) is 1.26. The zero-order valence-electron chi connectivity index (χ0n) is 8.54. The van der Waals surface area contributed by atoms with Gasteiger partial charge in [0.1, 0.15) is 5.75 Å². The van der Waals surface area contributed by atoms with Crippen LogP contribution in [0.4, 0.5) is 0 Å². The molecule has 1 aromatic carbocycles. The summed E-state index contributed by atoms with van der Waals surface area (Å²) >= 11 is 0. The molecule has 1 aliphatic rings. The quantitative estimate of drug-likeness (QED) is 0.815. The third kappa shape index (κ3) is 2.02. The molecule has 1 aliphatic heterocycles. The number of aryl methyl sites for hydroxylation is 1. The largest absolute Gasteiger partial charge is 0.496 e. The van der Waals surface area contributed by atoms with Crippen LogP contribution in [0, 0.1) is 6.92 Å². The Morgan fingerprint density at radius 3 is 2.57 bits per heavy atom. The highest BCUT2D eigenvalue weighted by Gasteiger charge is 2.18. The third-order valence-corrected chi connectivity index (χ3v) is 2.65. The standard InChI is InChI=1S/C11H15NO.ClH/c1-8-7-9(10-5-6-12-10)3-4-11(8)13-2;/h3-4,7,10,12H,5-6H2,1-2H3;1H/t10-;/m1./s1. The molecule has 0 saturated carbocycles. The molecule has 0 spiro atoms. The molecule has 14 heavy (non-hydrogen) atoms. The van der Waals surface area contributed by atoms with Gasteiger partial charge in [-0.25, -0.2) is 0 Å². The highest BCUT2D eigenvalue weighted by atomic mass is 35.5. The molecule has 1 fully saturated rings. The van der Waals surface area contributed by atoms with E-state index in [0.717, 1.165) is 12.3 Å².